The van der Waals surface area contributed by atoms with Crippen LogP contribution in [0.4, 0.5) is 0 Å². The molecule has 1 aromatic rings. The molecule has 8 nitrogen and oxygen atoms in total. The second-order valence-corrected chi connectivity index (χ2v) is 5.87. The van der Waals surface area contributed by atoms with Crippen LogP contribution in [-0.2, 0) is 19.9 Å². The van der Waals surface area contributed by atoms with Gasteiger partial charge in [0.1, 0.15) is 6.29 Å². The molecular weight excluding hydrogens is 336 g/mol. The minimum Gasteiger partial charge on any atom is -0.479 e. The van der Waals surface area contributed by atoms with E-state index < -0.39 is 22.8 Å². The first kappa shape index (κ1) is 19.8. The van der Waals surface area contributed by atoms with Gasteiger partial charge in [0, 0.05) is 23.4 Å². The number of hydrazone groups is 1. The fraction of sp³-hybridized carbons (Fsp3) is 0.333. The Bertz CT molecular complexity index is 690. The van der Waals surface area contributed by atoms with Gasteiger partial charge in [0.2, 0.25) is 0 Å². The van der Waals surface area contributed by atoms with Crippen LogP contribution in [0, 0.1) is 0 Å². The molecule has 0 fully saturated rings. The Morgan fingerprint density at radius 1 is 1.38 bits per heavy atom. The smallest absolute Gasteiger partial charge is 0.333 e. The normalized spacial score (nSPS) is 16.3. The number of carbonyl (C=O) groups excluding carboxylic acids is 2. The van der Waals surface area contributed by atoms with Crippen LogP contribution in [0.25, 0.3) is 0 Å². The standard InChI is InChI=1S/C15H19ClN4O4/c1-14(17,10-5-4-9(8-20-19)11(16)7-10)15(18,13(23)24)12(22)3-2-6-21/h4-8H,2-3,17-19H2,1H3,(H,23,24). The molecule has 0 saturated heterocycles. The van der Waals surface area contributed by atoms with E-state index in [9.17, 15) is 19.5 Å². The lowest BCUT2D eigenvalue weighted by atomic mass is 9.71. The van der Waals surface area contributed by atoms with Crippen molar-refractivity contribution < 1.29 is 19.5 Å². The molecule has 0 aromatic heterocycles. The zero-order valence-corrected chi connectivity index (χ0v) is 13.8. The van der Waals surface area contributed by atoms with Crippen LogP contribution in [-0.4, -0.2) is 34.9 Å². The number of benzene rings is 1. The van der Waals surface area contributed by atoms with Crippen molar-refractivity contribution in [2.45, 2.75) is 30.8 Å². The number of nitrogens with zero attached hydrogens (tertiary/aromatic N) is 1. The zero-order valence-electron chi connectivity index (χ0n) is 13.0. The Labute approximate surface area is 143 Å². The highest BCUT2D eigenvalue weighted by atomic mass is 35.5. The average Bonchev–Trinajstić information content (AvgIpc) is 2.53. The molecule has 0 aliphatic rings. The number of aliphatic carboxylic acids is 1. The lowest BCUT2D eigenvalue weighted by Crippen LogP contribution is -2.70. The van der Waals surface area contributed by atoms with Crippen molar-refractivity contribution >= 4 is 35.9 Å². The Hall–Kier alpha value is -2.29. The Morgan fingerprint density at radius 3 is 2.46 bits per heavy atom. The second-order valence-electron chi connectivity index (χ2n) is 5.46. The number of rotatable bonds is 8. The quantitative estimate of drug-likeness (QED) is 0.169. The Balaban J connectivity index is 3.41. The maximum absolute atomic E-state index is 12.3. The molecule has 7 N–H and O–H groups in total. The van der Waals surface area contributed by atoms with Gasteiger partial charge in [-0.3, -0.25) is 4.79 Å². The zero-order chi connectivity index (χ0) is 18.5. The highest BCUT2D eigenvalue weighted by molar-refractivity contribution is 6.33. The Kier molecular flexibility index (Phi) is 6.19. The van der Waals surface area contributed by atoms with Crippen molar-refractivity contribution in [2.75, 3.05) is 0 Å². The van der Waals surface area contributed by atoms with Crippen molar-refractivity contribution in [1.82, 2.24) is 0 Å². The van der Waals surface area contributed by atoms with Gasteiger partial charge in [-0.25, -0.2) is 4.79 Å². The maximum atomic E-state index is 12.3. The summed E-state index contributed by atoms with van der Waals surface area (Å²) >= 11 is 6.09. The van der Waals surface area contributed by atoms with Gasteiger partial charge in [0.25, 0.3) is 0 Å². The number of aldehydes is 1. The number of hydrogen-bond donors (Lipinski definition) is 4. The number of nitrogens with two attached hydrogens (primary N) is 3. The van der Waals surface area contributed by atoms with Crippen LogP contribution >= 0.6 is 11.6 Å². The summed E-state index contributed by atoms with van der Waals surface area (Å²) in [7, 11) is 0. The van der Waals surface area contributed by atoms with Gasteiger partial charge in [-0.2, -0.15) is 5.10 Å². The summed E-state index contributed by atoms with van der Waals surface area (Å²) < 4.78 is 0. The lowest BCUT2D eigenvalue weighted by molar-refractivity contribution is -0.152. The van der Waals surface area contributed by atoms with Gasteiger partial charge >= 0.3 is 5.97 Å². The van der Waals surface area contributed by atoms with Crippen LogP contribution in [0.1, 0.15) is 30.9 Å². The first-order chi connectivity index (χ1) is 11.1. The second kappa shape index (κ2) is 7.52. The molecule has 0 heterocycles. The van der Waals surface area contributed by atoms with Crippen molar-refractivity contribution in [1.29, 1.82) is 0 Å². The third-order valence-electron chi connectivity index (χ3n) is 3.90. The van der Waals surface area contributed by atoms with E-state index in [1.807, 2.05) is 0 Å². The van der Waals surface area contributed by atoms with E-state index in [1.165, 1.54) is 31.3 Å². The summed E-state index contributed by atoms with van der Waals surface area (Å²) in [5.41, 5.74) is 8.58. The van der Waals surface area contributed by atoms with E-state index in [4.69, 9.17) is 28.9 Å². The topological polar surface area (TPSA) is 162 Å². The van der Waals surface area contributed by atoms with Gasteiger partial charge in [0.15, 0.2) is 11.3 Å². The summed E-state index contributed by atoms with van der Waals surface area (Å²) in [4.78, 5) is 34.5. The number of carboxylic acids is 1. The van der Waals surface area contributed by atoms with E-state index in [1.54, 1.807) is 0 Å². The third kappa shape index (κ3) is 3.45. The SMILES string of the molecule is CC(N)(c1ccc(C=NN)c(Cl)c1)C(N)(C(=O)O)C(=O)CCC=O. The van der Waals surface area contributed by atoms with Gasteiger partial charge in [0.05, 0.1) is 11.8 Å². The molecule has 9 heteroatoms. The third-order valence-corrected chi connectivity index (χ3v) is 4.23. The first-order valence-electron chi connectivity index (χ1n) is 6.94. The molecule has 2 unspecified atom stereocenters. The molecule has 2 atom stereocenters. The molecular formula is C15H19ClN4O4. The fourth-order valence-electron chi connectivity index (χ4n) is 2.28. The fourth-order valence-corrected chi connectivity index (χ4v) is 2.51. The summed E-state index contributed by atoms with van der Waals surface area (Å²) in [6.07, 6.45) is 1.34. The molecule has 0 saturated carbocycles. The number of carboxylic acid groups (broad SMARTS) is 1. The molecule has 0 bridgehead atoms. The first-order valence-corrected chi connectivity index (χ1v) is 7.32. The van der Waals surface area contributed by atoms with Gasteiger partial charge in [-0.05, 0) is 18.6 Å². The lowest BCUT2D eigenvalue weighted by Gasteiger charge is -2.39. The molecule has 130 valence electrons. The summed E-state index contributed by atoms with van der Waals surface area (Å²) in [5, 5.41) is 13.1. The van der Waals surface area contributed by atoms with Crippen molar-refractivity contribution in [3.63, 3.8) is 0 Å². The minimum absolute atomic E-state index is 0.145. The van der Waals surface area contributed by atoms with Crippen LogP contribution in [0.5, 0.6) is 0 Å². The molecule has 0 spiro atoms. The van der Waals surface area contributed by atoms with E-state index >= 15 is 0 Å². The summed E-state index contributed by atoms with van der Waals surface area (Å²) in [5.74, 6) is 2.62. The number of ketones is 1. The van der Waals surface area contributed by atoms with E-state index in [2.05, 4.69) is 5.10 Å². The van der Waals surface area contributed by atoms with Gasteiger partial charge < -0.3 is 27.2 Å². The van der Waals surface area contributed by atoms with Crippen molar-refractivity contribution in [3.05, 3.63) is 34.3 Å². The number of Topliss-reactive ketones (excluding diaryl/α,β-unsaturated/α-hetero) is 1. The van der Waals surface area contributed by atoms with Gasteiger partial charge in [-0.15, -0.1) is 0 Å². The van der Waals surface area contributed by atoms with E-state index in [0.717, 1.165) is 0 Å². The van der Waals surface area contributed by atoms with Crippen molar-refractivity contribution in [2.24, 2.45) is 22.4 Å². The largest absolute Gasteiger partial charge is 0.479 e. The van der Waals surface area contributed by atoms with E-state index in [0.29, 0.717) is 11.8 Å². The predicted octanol–water partition coefficient (Wildman–Crippen LogP) is 0.137. The summed E-state index contributed by atoms with van der Waals surface area (Å²) in [6, 6.07) is 4.41. The molecule has 0 radical (unpaired) electrons. The van der Waals surface area contributed by atoms with Crippen LogP contribution < -0.4 is 17.3 Å². The molecule has 24 heavy (non-hydrogen) atoms. The Morgan fingerprint density at radius 2 is 2.00 bits per heavy atom. The number of carbonyl (C=O) groups is 3. The predicted molar refractivity (Wildman–Crippen MR) is 89.6 cm³/mol. The van der Waals surface area contributed by atoms with Crippen LogP contribution in [0.15, 0.2) is 23.3 Å². The highest BCUT2D eigenvalue weighted by Gasteiger charge is 2.55. The molecule has 1 aromatic carbocycles. The monoisotopic (exact) mass is 354 g/mol. The molecule has 0 aliphatic heterocycles. The average molecular weight is 355 g/mol. The van der Waals surface area contributed by atoms with Gasteiger partial charge in [-0.1, -0.05) is 23.7 Å². The van der Waals surface area contributed by atoms with Crippen LogP contribution in [0.2, 0.25) is 5.02 Å². The number of halogens is 1. The maximum Gasteiger partial charge on any atom is 0.333 e. The van der Waals surface area contributed by atoms with E-state index in [-0.39, 0.29) is 23.4 Å². The minimum atomic E-state index is -2.43. The van der Waals surface area contributed by atoms with Crippen LogP contribution in [0.3, 0.4) is 0 Å². The summed E-state index contributed by atoms with van der Waals surface area (Å²) in [6.45, 7) is 1.32. The molecule has 0 aliphatic carbocycles. The molecule has 1 rings (SSSR count). The molecule has 0 amide bonds. The van der Waals surface area contributed by atoms with Crippen molar-refractivity contribution in [3.8, 4) is 0 Å². The highest BCUT2D eigenvalue weighted by Crippen LogP contribution is 2.33. The number of hydrogen-bond acceptors (Lipinski definition) is 7.